The van der Waals surface area contributed by atoms with Crippen LogP contribution in [-0.2, 0) is 20.1 Å². The number of fused-ring (bicyclic) bond motifs is 8. The first kappa shape index (κ1) is 44.3. The molecule has 12 rings (SSSR count). The summed E-state index contributed by atoms with van der Waals surface area (Å²) >= 11 is 1.64. The number of aryl methyl sites for hydroxylation is 1. The Morgan fingerprint density at radius 3 is 1.97 bits per heavy atom. The molecule has 12 aromatic rings. The van der Waals surface area contributed by atoms with Crippen LogP contribution in [-0.4, -0.2) is 9.55 Å². The Balaban J connectivity index is 0.000000191. The Morgan fingerprint density at radius 2 is 1.27 bits per heavy atom. The summed E-state index contributed by atoms with van der Waals surface area (Å²) in [7, 11) is 0. The van der Waals surface area contributed by atoms with Gasteiger partial charge in [0.05, 0.1) is 33.7 Å². The van der Waals surface area contributed by atoms with Crippen LogP contribution in [0.5, 0.6) is 0 Å². The van der Waals surface area contributed by atoms with E-state index < -0.39 is 6.85 Å². The van der Waals surface area contributed by atoms with Crippen LogP contribution in [0.1, 0.15) is 111 Å². The van der Waals surface area contributed by atoms with Crippen LogP contribution in [0.3, 0.4) is 0 Å². The van der Waals surface area contributed by atoms with Gasteiger partial charge >= 0.3 is 20.1 Å². The van der Waals surface area contributed by atoms with Crippen LogP contribution in [0.25, 0.3) is 97.9 Å². The molecule has 352 valence electrons. The SMILES string of the molecule is CC(C)c1cccc(C(C)C)c1-n1c(-c2[c-]cccc2)nc2ccccc21.[2H]C([2H])([2H])c1c[c-]c(-c2[n-]c3ccccc3[n+]2-c2c(C(C)C)cccc2C(C)C)c2sc3cc4c(ccc5ccccc54)cc3c12.[Ir+3]. The summed E-state index contributed by atoms with van der Waals surface area (Å²) in [4.78, 5) is 10.3. The maximum Gasteiger partial charge on any atom is 3.00 e. The second kappa shape index (κ2) is 19.5. The van der Waals surface area contributed by atoms with Gasteiger partial charge in [0.15, 0.2) is 0 Å². The van der Waals surface area contributed by atoms with Crippen molar-refractivity contribution >= 4 is 75.1 Å². The maximum absolute atomic E-state index is 8.53. The van der Waals surface area contributed by atoms with E-state index in [1.165, 1.54) is 38.7 Å². The van der Waals surface area contributed by atoms with Crippen LogP contribution in [0.15, 0.2) is 164 Å². The Bertz CT molecular complexity index is 3990. The summed E-state index contributed by atoms with van der Waals surface area (Å²) < 4.78 is 32.2. The maximum atomic E-state index is 8.53. The number of hydrogen-bond donors (Lipinski definition) is 0. The molecule has 0 spiro atoms. The molecule has 0 N–H and O–H groups in total. The van der Waals surface area contributed by atoms with Crippen LogP contribution in [0.2, 0.25) is 0 Å². The summed E-state index contributed by atoms with van der Waals surface area (Å²) in [5, 5.41) is 6.36. The summed E-state index contributed by atoms with van der Waals surface area (Å²) in [6.45, 7) is 15.7. The predicted molar refractivity (Wildman–Crippen MR) is 297 cm³/mol. The quantitative estimate of drug-likeness (QED) is 0.0864. The van der Waals surface area contributed by atoms with Crippen molar-refractivity contribution in [3.8, 4) is 34.2 Å². The molecule has 3 aromatic heterocycles. The number of para-hydroxylation sites is 6. The number of benzene rings is 9. The molecule has 0 saturated heterocycles. The minimum Gasteiger partial charge on any atom is -0.333 e. The van der Waals surface area contributed by atoms with E-state index in [0.29, 0.717) is 17.4 Å². The molecule has 0 atom stereocenters. The van der Waals surface area contributed by atoms with E-state index >= 15 is 0 Å². The molecule has 4 nitrogen and oxygen atoms in total. The first-order valence-corrected chi connectivity index (χ1v) is 25.4. The molecular weight excluding hydrogens is 1060 g/mol. The Labute approximate surface area is 439 Å². The molecule has 9 aromatic carbocycles. The van der Waals surface area contributed by atoms with Gasteiger partial charge in [0, 0.05) is 20.2 Å². The molecular formula is C65H58IrN4S+. The van der Waals surface area contributed by atoms with Gasteiger partial charge in [0.1, 0.15) is 0 Å². The zero-order chi connectivity index (χ0) is 50.9. The molecule has 0 amide bonds. The van der Waals surface area contributed by atoms with Gasteiger partial charge in [-0.2, -0.15) is 11.3 Å². The minimum absolute atomic E-state index is 0. The van der Waals surface area contributed by atoms with E-state index in [4.69, 9.17) is 14.1 Å². The number of imidazole rings is 2. The first-order valence-electron chi connectivity index (χ1n) is 26.1. The average molecular weight is 1120 g/mol. The van der Waals surface area contributed by atoms with Crippen molar-refractivity contribution in [1.29, 1.82) is 0 Å². The third-order valence-corrected chi connectivity index (χ3v) is 15.0. The molecule has 0 aliphatic carbocycles. The summed E-state index contributed by atoms with van der Waals surface area (Å²) in [6.07, 6.45) is 0. The Kier molecular flexibility index (Phi) is 12.1. The fraction of sp³-hybridized carbons (Fsp3) is 0.200. The first-order chi connectivity index (χ1) is 35.2. The zero-order valence-corrected chi connectivity index (χ0v) is 44.6. The van der Waals surface area contributed by atoms with Crippen molar-refractivity contribution in [1.82, 2.24) is 14.5 Å². The largest absolute Gasteiger partial charge is 3.00 e. The summed E-state index contributed by atoms with van der Waals surface area (Å²) in [5.41, 5.74) is 13.8. The van der Waals surface area contributed by atoms with Gasteiger partial charge in [-0.25, -0.2) is 0 Å². The van der Waals surface area contributed by atoms with Crippen molar-refractivity contribution in [3.05, 3.63) is 204 Å². The second-order valence-corrected chi connectivity index (χ2v) is 20.8. The average Bonchev–Trinajstić information content (AvgIpc) is 4.09. The monoisotopic (exact) mass is 1120 g/mol. The number of rotatable bonds is 8. The Hall–Kier alpha value is -6.69. The molecule has 0 fully saturated rings. The van der Waals surface area contributed by atoms with Gasteiger partial charge in [-0.1, -0.05) is 170 Å². The topological polar surface area (TPSA) is 35.8 Å². The van der Waals surface area contributed by atoms with Crippen molar-refractivity contribution in [3.63, 3.8) is 0 Å². The summed E-state index contributed by atoms with van der Waals surface area (Å²) in [6, 6.07) is 63.7. The normalized spacial score (nSPS) is 12.6. The molecule has 0 radical (unpaired) electrons. The number of aromatic nitrogens is 4. The van der Waals surface area contributed by atoms with Gasteiger partial charge in [-0.15, -0.1) is 53.6 Å². The van der Waals surface area contributed by atoms with Crippen molar-refractivity contribution in [2.75, 3.05) is 0 Å². The van der Waals surface area contributed by atoms with E-state index in [2.05, 4.69) is 210 Å². The molecule has 3 heterocycles. The molecule has 0 aliphatic heterocycles. The van der Waals surface area contributed by atoms with Crippen molar-refractivity contribution < 1.29 is 28.8 Å². The number of thiophene rings is 1. The van der Waals surface area contributed by atoms with E-state index in [1.807, 2.05) is 24.3 Å². The van der Waals surface area contributed by atoms with Gasteiger partial charge in [0.25, 0.3) is 0 Å². The molecule has 0 aliphatic rings. The second-order valence-electron chi connectivity index (χ2n) is 19.7. The van der Waals surface area contributed by atoms with Crippen LogP contribution in [0.4, 0.5) is 0 Å². The fourth-order valence-electron chi connectivity index (χ4n) is 10.4. The number of hydrogen-bond acceptors (Lipinski definition) is 2. The third-order valence-electron chi connectivity index (χ3n) is 13.8. The standard InChI is InChI=1S/C40H33N2S.C25H25N2.Ir/c1-23(2)28-13-10-14-29(24(3)4)38(28)42-35-16-9-8-15-34(35)41-40(42)31-20-17-25(5)37-33-21-27-19-18-26-11-6-7-12-30(26)32(27)22-36(33)43-39(31)37;1-17(2)20-13-10-14-21(18(3)4)24(20)27-23-16-9-8-15-22(23)26-25(27)19-11-6-5-7-12-19;/h6-19,21-24H,1-5H3;5-11,13-18H,1-4H3;/q2*-1;+3/i5D3;;. The van der Waals surface area contributed by atoms with Crippen LogP contribution >= 0.6 is 11.3 Å². The molecule has 0 unspecified atom stereocenters. The molecule has 71 heavy (non-hydrogen) atoms. The van der Waals surface area contributed by atoms with Gasteiger partial charge in [-0.05, 0) is 114 Å². The molecule has 6 heteroatoms. The van der Waals surface area contributed by atoms with Crippen LogP contribution in [0, 0.1) is 19.0 Å². The van der Waals surface area contributed by atoms with Crippen molar-refractivity contribution in [2.24, 2.45) is 0 Å². The zero-order valence-electron chi connectivity index (χ0n) is 44.4. The van der Waals surface area contributed by atoms with Gasteiger partial charge in [0.2, 0.25) is 0 Å². The summed E-state index contributed by atoms with van der Waals surface area (Å²) in [5.74, 6) is 3.15. The van der Waals surface area contributed by atoms with Crippen molar-refractivity contribution in [2.45, 2.75) is 85.9 Å². The minimum atomic E-state index is -2.30. The third kappa shape index (κ3) is 8.40. The predicted octanol–water partition coefficient (Wildman–Crippen LogP) is 17.5. The van der Waals surface area contributed by atoms with E-state index in [-0.39, 0.29) is 31.9 Å². The van der Waals surface area contributed by atoms with E-state index in [0.717, 1.165) is 81.5 Å². The molecule has 0 saturated carbocycles. The Morgan fingerprint density at radius 1 is 0.620 bits per heavy atom. The fourth-order valence-corrected chi connectivity index (χ4v) is 11.7. The number of nitrogens with zero attached hydrogens (tertiary/aromatic N) is 4. The van der Waals surface area contributed by atoms with Gasteiger partial charge < -0.3 is 9.13 Å². The van der Waals surface area contributed by atoms with E-state index in [1.54, 1.807) is 17.4 Å². The van der Waals surface area contributed by atoms with Crippen LogP contribution < -0.4 is 9.55 Å². The smallest absolute Gasteiger partial charge is 0.333 e. The molecule has 0 bridgehead atoms. The van der Waals surface area contributed by atoms with Gasteiger partial charge in [-0.3, -0.25) is 9.97 Å². The van der Waals surface area contributed by atoms with E-state index in [9.17, 15) is 0 Å².